The number of hydrogen-bond donors (Lipinski definition) is 2. The van der Waals surface area contributed by atoms with Crippen LogP contribution in [-0.4, -0.2) is 59.5 Å². The van der Waals surface area contributed by atoms with Gasteiger partial charge in [-0.15, -0.1) is 11.3 Å². The lowest BCUT2D eigenvalue weighted by Gasteiger charge is -2.28. The Morgan fingerprint density at radius 1 is 1.16 bits per heavy atom. The van der Waals surface area contributed by atoms with Crippen molar-refractivity contribution in [3.63, 3.8) is 0 Å². The summed E-state index contributed by atoms with van der Waals surface area (Å²) in [5.74, 6) is 2.05. The molecule has 0 saturated carbocycles. The molecule has 0 atom stereocenters. The summed E-state index contributed by atoms with van der Waals surface area (Å²) in [6.07, 6.45) is 5.14. The van der Waals surface area contributed by atoms with Crippen molar-refractivity contribution >= 4 is 55.9 Å². The van der Waals surface area contributed by atoms with E-state index in [4.69, 9.17) is 19.4 Å². The molecule has 1 aliphatic rings. The smallest absolute Gasteiger partial charge is 0.248 e. The monoisotopic (exact) mass is 512 g/mol. The maximum Gasteiger partial charge on any atom is 0.248 e. The number of benzene rings is 2. The number of fused-ring (bicyclic) bond motifs is 2. The highest BCUT2D eigenvalue weighted by atomic mass is 32.1. The fourth-order valence-electron chi connectivity index (χ4n) is 4.30. The van der Waals surface area contributed by atoms with Crippen LogP contribution >= 0.6 is 11.3 Å². The van der Waals surface area contributed by atoms with Crippen molar-refractivity contribution in [3.8, 4) is 17.1 Å². The zero-order valence-electron chi connectivity index (χ0n) is 20.1. The van der Waals surface area contributed by atoms with Gasteiger partial charge in [0.2, 0.25) is 5.91 Å². The first-order valence-corrected chi connectivity index (χ1v) is 12.7. The predicted octanol–water partition coefficient (Wildman–Crippen LogP) is 4.73. The van der Waals surface area contributed by atoms with Crippen LogP contribution in [0.15, 0.2) is 60.8 Å². The van der Waals surface area contributed by atoms with Crippen molar-refractivity contribution in [1.29, 1.82) is 0 Å². The van der Waals surface area contributed by atoms with Crippen molar-refractivity contribution in [1.82, 2.24) is 20.2 Å². The number of carbonyl (C=O) groups is 1. The van der Waals surface area contributed by atoms with E-state index in [0.29, 0.717) is 24.7 Å². The summed E-state index contributed by atoms with van der Waals surface area (Å²) in [7, 11) is 1.61. The number of ether oxygens (including phenoxy) is 2. The molecule has 10 heteroatoms. The van der Waals surface area contributed by atoms with Crippen LogP contribution in [0.25, 0.3) is 38.6 Å². The van der Waals surface area contributed by atoms with Gasteiger partial charge in [0, 0.05) is 40.7 Å². The SMILES string of the molecule is COc1ccc(NC(=O)/C=C/c2cc3nc(-c4cccc5[nH]ncc45)nc(N4CCOCC4)c3s2)cc1. The van der Waals surface area contributed by atoms with E-state index in [1.54, 1.807) is 48.9 Å². The lowest BCUT2D eigenvalue weighted by atomic mass is 10.1. The van der Waals surface area contributed by atoms with Crippen LogP contribution in [0.4, 0.5) is 11.5 Å². The van der Waals surface area contributed by atoms with Crippen molar-refractivity contribution in [2.45, 2.75) is 0 Å². The molecule has 4 heterocycles. The third-order valence-corrected chi connectivity index (χ3v) is 7.25. The molecule has 2 aromatic carbocycles. The molecule has 1 amide bonds. The van der Waals surface area contributed by atoms with Gasteiger partial charge in [-0.25, -0.2) is 9.97 Å². The number of aromatic nitrogens is 4. The summed E-state index contributed by atoms with van der Waals surface area (Å²) in [4.78, 5) is 25.6. The Morgan fingerprint density at radius 3 is 2.81 bits per heavy atom. The van der Waals surface area contributed by atoms with E-state index in [0.717, 1.165) is 56.2 Å². The molecule has 0 unspecified atom stereocenters. The summed E-state index contributed by atoms with van der Waals surface area (Å²) in [6.45, 7) is 2.83. The first-order valence-electron chi connectivity index (χ1n) is 11.9. The number of amides is 1. The van der Waals surface area contributed by atoms with Gasteiger partial charge in [0.15, 0.2) is 11.6 Å². The van der Waals surface area contributed by atoms with Crippen LogP contribution < -0.4 is 15.0 Å². The Balaban J connectivity index is 1.34. The molecule has 9 nitrogen and oxygen atoms in total. The Bertz CT molecular complexity index is 1600. The van der Waals surface area contributed by atoms with Crippen LogP contribution in [0.3, 0.4) is 0 Å². The zero-order valence-corrected chi connectivity index (χ0v) is 20.9. The fraction of sp³-hybridized carbons (Fsp3) is 0.185. The Hall–Kier alpha value is -4.28. The molecule has 3 aromatic heterocycles. The first kappa shape index (κ1) is 23.1. The Kier molecular flexibility index (Phi) is 6.25. The second-order valence-corrected chi connectivity index (χ2v) is 9.61. The van der Waals surface area contributed by atoms with E-state index in [1.807, 2.05) is 30.3 Å². The van der Waals surface area contributed by atoms with E-state index in [1.165, 1.54) is 6.08 Å². The average Bonchev–Trinajstić information content (AvgIpc) is 3.59. The van der Waals surface area contributed by atoms with Crippen LogP contribution in [0.5, 0.6) is 5.75 Å². The van der Waals surface area contributed by atoms with Gasteiger partial charge in [-0.05, 0) is 42.5 Å². The molecular weight excluding hydrogens is 488 g/mol. The number of carbonyl (C=O) groups excluding carboxylic acids is 1. The molecule has 2 N–H and O–H groups in total. The molecule has 1 aliphatic heterocycles. The van der Waals surface area contributed by atoms with Gasteiger partial charge in [-0.2, -0.15) is 5.10 Å². The number of H-pyrrole nitrogens is 1. The number of nitrogens with one attached hydrogen (secondary N) is 2. The Morgan fingerprint density at radius 2 is 2.00 bits per heavy atom. The van der Waals surface area contributed by atoms with Crippen LogP contribution in [-0.2, 0) is 9.53 Å². The number of aromatic amines is 1. The van der Waals surface area contributed by atoms with Gasteiger partial charge >= 0.3 is 0 Å². The normalized spacial score (nSPS) is 14.0. The quantitative estimate of drug-likeness (QED) is 0.317. The number of hydrogen-bond acceptors (Lipinski definition) is 8. The highest BCUT2D eigenvalue weighted by Crippen LogP contribution is 2.36. The topological polar surface area (TPSA) is 105 Å². The lowest BCUT2D eigenvalue weighted by molar-refractivity contribution is -0.111. The van der Waals surface area contributed by atoms with Crippen LogP contribution in [0, 0.1) is 0 Å². The average molecular weight is 513 g/mol. The van der Waals surface area contributed by atoms with E-state index in [9.17, 15) is 4.79 Å². The molecule has 5 aromatic rings. The molecule has 6 rings (SSSR count). The highest BCUT2D eigenvalue weighted by molar-refractivity contribution is 7.20. The second kappa shape index (κ2) is 10.00. The molecule has 37 heavy (non-hydrogen) atoms. The van der Waals surface area contributed by atoms with Gasteiger partial charge in [0.1, 0.15) is 5.75 Å². The first-order chi connectivity index (χ1) is 18.2. The fourth-order valence-corrected chi connectivity index (χ4v) is 5.32. The van der Waals surface area contributed by atoms with Crippen molar-refractivity contribution in [2.24, 2.45) is 0 Å². The number of anilines is 2. The Labute approximate surface area is 216 Å². The maximum absolute atomic E-state index is 12.5. The molecule has 0 radical (unpaired) electrons. The molecule has 0 aliphatic carbocycles. The molecule has 1 fully saturated rings. The standard InChI is InChI=1S/C27H24N6O3S/c1-35-18-7-5-17(6-8-18)29-24(34)10-9-19-15-23-25(37-19)27(33-11-13-36-14-12-33)31-26(30-23)20-3-2-4-22-21(20)16-28-32-22/h2-10,15-16H,11-14H2,1H3,(H,28,32)(H,29,34)/b10-9+. The van der Waals surface area contributed by atoms with Gasteiger partial charge in [-0.1, -0.05) is 12.1 Å². The third kappa shape index (κ3) is 4.76. The number of rotatable bonds is 6. The maximum atomic E-state index is 12.5. The third-order valence-electron chi connectivity index (χ3n) is 6.17. The second-order valence-electron chi connectivity index (χ2n) is 8.52. The molecule has 1 saturated heterocycles. The van der Waals surface area contributed by atoms with Crippen molar-refractivity contribution in [2.75, 3.05) is 43.6 Å². The van der Waals surface area contributed by atoms with Gasteiger partial charge in [0.25, 0.3) is 0 Å². The number of methoxy groups -OCH3 is 1. The molecule has 0 bridgehead atoms. The van der Waals surface area contributed by atoms with Gasteiger partial charge < -0.3 is 19.7 Å². The summed E-state index contributed by atoms with van der Waals surface area (Å²) < 4.78 is 11.7. The van der Waals surface area contributed by atoms with Gasteiger partial charge in [0.05, 0.1) is 42.3 Å². The number of morpholine rings is 1. The van der Waals surface area contributed by atoms with E-state index < -0.39 is 0 Å². The summed E-state index contributed by atoms with van der Waals surface area (Å²) in [5, 5.41) is 11.0. The van der Waals surface area contributed by atoms with Crippen molar-refractivity contribution < 1.29 is 14.3 Å². The molecule has 0 spiro atoms. The summed E-state index contributed by atoms with van der Waals surface area (Å²) >= 11 is 1.57. The van der Waals surface area contributed by atoms with E-state index >= 15 is 0 Å². The molecular formula is C27H24N6O3S. The lowest BCUT2D eigenvalue weighted by Crippen LogP contribution is -2.36. The molecule has 186 valence electrons. The highest BCUT2D eigenvalue weighted by Gasteiger charge is 2.20. The summed E-state index contributed by atoms with van der Waals surface area (Å²) in [5.41, 5.74) is 3.40. The predicted molar refractivity (Wildman–Crippen MR) is 146 cm³/mol. The minimum Gasteiger partial charge on any atom is -0.497 e. The summed E-state index contributed by atoms with van der Waals surface area (Å²) in [6, 6.07) is 15.2. The zero-order chi connectivity index (χ0) is 25.2. The van der Waals surface area contributed by atoms with Gasteiger partial charge in [-0.3, -0.25) is 9.89 Å². The van der Waals surface area contributed by atoms with Crippen LogP contribution in [0.2, 0.25) is 0 Å². The van der Waals surface area contributed by atoms with E-state index in [2.05, 4.69) is 20.4 Å². The van der Waals surface area contributed by atoms with E-state index in [-0.39, 0.29) is 5.91 Å². The van der Waals surface area contributed by atoms with Crippen LogP contribution in [0.1, 0.15) is 4.88 Å². The minimum absolute atomic E-state index is 0.213. The minimum atomic E-state index is -0.213. The van der Waals surface area contributed by atoms with Crippen molar-refractivity contribution in [3.05, 3.63) is 65.7 Å². The number of thiophene rings is 1. The number of nitrogens with zero attached hydrogens (tertiary/aromatic N) is 4. The largest absolute Gasteiger partial charge is 0.497 e.